The van der Waals surface area contributed by atoms with Crippen molar-refractivity contribution in [3.05, 3.63) is 0 Å². The van der Waals surface area contributed by atoms with Crippen LogP contribution < -0.4 is 0 Å². The van der Waals surface area contributed by atoms with Gasteiger partial charge in [-0.05, 0) is 18.8 Å². The molecule has 1 aliphatic rings. The summed E-state index contributed by atoms with van der Waals surface area (Å²) in [4.78, 5) is 0. The molecule has 0 bridgehead atoms. The largest absolute Gasteiger partial charge is 0.378 e. The summed E-state index contributed by atoms with van der Waals surface area (Å²) in [6.07, 6.45) is 4.51. The fourth-order valence-corrected chi connectivity index (χ4v) is 1.34. The average Bonchev–Trinajstić information content (AvgIpc) is 1.60. The highest BCUT2D eigenvalue weighted by atomic mass is 16.5. The molecular formula is C8H16O. The lowest BCUT2D eigenvalue weighted by Crippen LogP contribution is -2.32. The molecule has 1 heterocycles. The summed E-state index contributed by atoms with van der Waals surface area (Å²) in [6, 6.07) is 0. The van der Waals surface area contributed by atoms with Crippen LogP contribution in [0.15, 0.2) is 0 Å². The predicted octanol–water partition coefficient (Wildman–Crippen LogP) is 2.21. The maximum absolute atomic E-state index is 5.35. The maximum Gasteiger partial charge on any atom is 0.0622 e. The Kier molecular flexibility index (Phi) is 2.52. The van der Waals surface area contributed by atoms with E-state index >= 15 is 0 Å². The van der Waals surface area contributed by atoms with Crippen molar-refractivity contribution in [1.82, 2.24) is 0 Å². The first-order valence-electron chi connectivity index (χ1n) is 3.96. The van der Waals surface area contributed by atoms with Crippen molar-refractivity contribution >= 4 is 0 Å². The molecule has 0 spiro atoms. The van der Waals surface area contributed by atoms with Gasteiger partial charge in [-0.2, -0.15) is 0 Å². The molecule has 1 nitrogen and oxygen atoms in total. The van der Waals surface area contributed by atoms with Gasteiger partial charge in [0.25, 0.3) is 0 Å². The summed E-state index contributed by atoms with van der Waals surface area (Å²) in [5, 5.41) is 0. The SMILES string of the molecule is CCCC(C)C1CCO1. The number of rotatable bonds is 3. The van der Waals surface area contributed by atoms with E-state index in [1.54, 1.807) is 0 Å². The van der Waals surface area contributed by atoms with E-state index in [2.05, 4.69) is 13.8 Å². The Labute approximate surface area is 57.4 Å². The Morgan fingerprint density at radius 2 is 2.33 bits per heavy atom. The van der Waals surface area contributed by atoms with Gasteiger partial charge in [-0.3, -0.25) is 0 Å². The topological polar surface area (TPSA) is 9.23 Å². The molecule has 2 atom stereocenters. The Morgan fingerprint density at radius 1 is 1.67 bits per heavy atom. The molecule has 1 saturated heterocycles. The monoisotopic (exact) mass is 128 g/mol. The van der Waals surface area contributed by atoms with Gasteiger partial charge < -0.3 is 4.74 Å². The molecule has 0 saturated carbocycles. The summed E-state index contributed by atoms with van der Waals surface area (Å²) >= 11 is 0. The second-order valence-corrected chi connectivity index (χ2v) is 2.96. The molecule has 54 valence electrons. The molecule has 0 radical (unpaired) electrons. The van der Waals surface area contributed by atoms with Gasteiger partial charge in [0.05, 0.1) is 6.10 Å². The van der Waals surface area contributed by atoms with Crippen molar-refractivity contribution in [3.63, 3.8) is 0 Å². The van der Waals surface area contributed by atoms with Gasteiger partial charge in [0.15, 0.2) is 0 Å². The molecule has 0 N–H and O–H groups in total. The molecule has 0 aromatic heterocycles. The minimum atomic E-state index is 0.602. The lowest BCUT2D eigenvalue weighted by Gasteiger charge is -2.31. The average molecular weight is 128 g/mol. The quantitative estimate of drug-likeness (QED) is 0.566. The zero-order chi connectivity index (χ0) is 6.69. The van der Waals surface area contributed by atoms with Gasteiger partial charge >= 0.3 is 0 Å². The minimum absolute atomic E-state index is 0.602. The number of ether oxygens (including phenoxy) is 1. The van der Waals surface area contributed by atoms with Crippen LogP contribution in [0, 0.1) is 5.92 Å². The Hall–Kier alpha value is -0.0400. The molecule has 0 aromatic carbocycles. The molecule has 2 unspecified atom stereocenters. The summed E-state index contributed by atoms with van der Waals surface area (Å²) in [6.45, 7) is 5.52. The van der Waals surface area contributed by atoms with Gasteiger partial charge in [0.2, 0.25) is 0 Å². The molecule has 9 heavy (non-hydrogen) atoms. The van der Waals surface area contributed by atoms with Crippen molar-refractivity contribution < 1.29 is 4.74 Å². The number of hydrogen-bond donors (Lipinski definition) is 0. The van der Waals surface area contributed by atoms with Crippen LogP contribution in [0.2, 0.25) is 0 Å². The first-order valence-corrected chi connectivity index (χ1v) is 3.96. The van der Waals surface area contributed by atoms with E-state index in [9.17, 15) is 0 Å². The van der Waals surface area contributed by atoms with Crippen molar-refractivity contribution in [2.45, 2.75) is 39.2 Å². The number of hydrogen-bond acceptors (Lipinski definition) is 1. The standard InChI is InChI=1S/C8H16O/c1-3-4-7(2)8-5-6-9-8/h7-8H,3-6H2,1-2H3. The molecule has 0 amide bonds. The van der Waals surface area contributed by atoms with Crippen LogP contribution in [-0.4, -0.2) is 12.7 Å². The zero-order valence-electron chi connectivity index (χ0n) is 6.39. The Morgan fingerprint density at radius 3 is 2.67 bits per heavy atom. The van der Waals surface area contributed by atoms with Crippen LogP contribution in [0.3, 0.4) is 0 Å². The lowest BCUT2D eigenvalue weighted by molar-refractivity contribution is -0.0821. The third-order valence-corrected chi connectivity index (χ3v) is 2.11. The van der Waals surface area contributed by atoms with Crippen molar-refractivity contribution in [2.24, 2.45) is 5.92 Å². The van der Waals surface area contributed by atoms with E-state index in [0.717, 1.165) is 12.5 Å². The summed E-state index contributed by atoms with van der Waals surface area (Å²) in [7, 11) is 0. The van der Waals surface area contributed by atoms with Gasteiger partial charge in [-0.15, -0.1) is 0 Å². The molecule has 1 aliphatic heterocycles. The van der Waals surface area contributed by atoms with Crippen molar-refractivity contribution in [1.29, 1.82) is 0 Å². The van der Waals surface area contributed by atoms with Crippen molar-refractivity contribution in [3.8, 4) is 0 Å². The third kappa shape index (κ3) is 1.68. The molecule has 1 fully saturated rings. The van der Waals surface area contributed by atoms with Gasteiger partial charge in [-0.1, -0.05) is 20.3 Å². The first-order chi connectivity index (χ1) is 4.34. The zero-order valence-corrected chi connectivity index (χ0v) is 6.39. The maximum atomic E-state index is 5.35. The van der Waals surface area contributed by atoms with Crippen LogP contribution in [0.5, 0.6) is 0 Å². The lowest BCUT2D eigenvalue weighted by atomic mass is 9.94. The van der Waals surface area contributed by atoms with Crippen LogP contribution in [0.1, 0.15) is 33.1 Å². The van der Waals surface area contributed by atoms with Crippen molar-refractivity contribution in [2.75, 3.05) is 6.61 Å². The van der Waals surface area contributed by atoms with Crippen LogP contribution >= 0.6 is 0 Å². The van der Waals surface area contributed by atoms with Gasteiger partial charge in [0.1, 0.15) is 0 Å². The summed E-state index contributed by atoms with van der Waals surface area (Å²) in [5.74, 6) is 0.795. The molecule has 1 heteroatoms. The summed E-state index contributed by atoms with van der Waals surface area (Å²) < 4.78 is 5.35. The smallest absolute Gasteiger partial charge is 0.0622 e. The predicted molar refractivity (Wildman–Crippen MR) is 38.4 cm³/mol. The molecule has 0 aromatic rings. The molecule has 0 aliphatic carbocycles. The first kappa shape index (κ1) is 7.07. The fourth-order valence-electron chi connectivity index (χ4n) is 1.34. The van der Waals surface area contributed by atoms with E-state index in [4.69, 9.17) is 4.74 Å². The Bertz CT molecular complexity index is 76.6. The highest BCUT2D eigenvalue weighted by Gasteiger charge is 2.23. The van der Waals surface area contributed by atoms with Gasteiger partial charge in [0, 0.05) is 6.61 Å². The second-order valence-electron chi connectivity index (χ2n) is 2.96. The van der Waals surface area contributed by atoms with Crippen LogP contribution in [0.25, 0.3) is 0 Å². The van der Waals surface area contributed by atoms with Crippen LogP contribution in [-0.2, 0) is 4.74 Å². The minimum Gasteiger partial charge on any atom is -0.378 e. The third-order valence-electron chi connectivity index (χ3n) is 2.11. The van der Waals surface area contributed by atoms with E-state index in [0.29, 0.717) is 6.10 Å². The fraction of sp³-hybridized carbons (Fsp3) is 1.00. The normalized spacial score (nSPS) is 29.3. The molecular weight excluding hydrogens is 112 g/mol. The van der Waals surface area contributed by atoms with Gasteiger partial charge in [-0.25, -0.2) is 0 Å². The molecule has 1 rings (SSSR count). The van der Waals surface area contributed by atoms with E-state index in [1.165, 1.54) is 19.3 Å². The second kappa shape index (κ2) is 3.21. The summed E-state index contributed by atoms with van der Waals surface area (Å²) in [5.41, 5.74) is 0. The highest BCUT2D eigenvalue weighted by molar-refractivity contribution is 4.72. The van der Waals surface area contributed by atoms with E-state index in [1.807, 2.05) is 0 Å². The van der Waals surface area contributed by atoms with E-state index < -0.39 is 0 Å². The van der Waals surface area contributed by atoms with Crippen LogP contribution in [0.4, 0.5) is 0 Å². The highest BCUT2D eigenvalue weighted by Crippen LogP contribution is 2.23. The van der Waals surface area contributed by atoms with E-state index in [-0.39, 0.29) is 0 Å². The Balaban J connectivity index is 2.08.